The highest BCUT2D eigenvalue weighted by Gasteiger charge is 2.36. The summed E-state index contributed by atoms with van der Waals surface area (Å²) in [5, 5.41) is 3.44. The average molecular weight is 143 g/mol. The van der Waals surface area contributed by atoms with Gasteiger partial charge in [0.25, 0.3) is 0 Å². The molecule has 52 valence electrons. The Hall–Kier alpha value is 0.310. The fraction of sp³-hybridized carbons (Fsp3) is 1.00. The molecule has 0 bridgehead atoms. The lowest BCUT2D eigenvalue weighted by Crippen LogP contribution is -2.22. The van der Waals surface area contributed by atoms with Gasteiger partial charge >= 0.3 is 0 Å². The first-order valence-electron chi connectivity index (χ1n) is 3.70. The first-order chi connectivity index (χ1) is 4.41. The summed E-state index contributed by atoms with van der Waals surface area (Å²) in [5.41, 5.74) is 0.741. The van der Waals surface area contributed by atoms with Crippen LogP contribution in [-0.2, 0) is 0 Å². The molecule has 2 aliphatic heterocycles. The predicted molar refractivity (Wildman–Crippen MR) is 41.9 cm³/mol. The third-order valence-corrected chi connectivity index (χ3v) is 3.83. The smallest absolute Gasteiger partial charge is 0.00165 e. The molecule has 2 fully saturated rings. The summed E-state index contributed by atoms with van der Waals surface area (Å²) in [5.74, 6) is 2.82. The van der Waals surface area contributed by atoms with E-state index in [1.54, 1.807) is 0 Å². The molecular formula is C7H13NS. The highest BCUT2D eigenvalue weighted by atomic mass is 32.2. The number of rotatable bonds is 0. The van der Waals surface area contributed by atoms with Crippen molar-refractivity contribution in [2.45, 2.75) is 12.8 Å². The van der Waals surface area contributed by atoms with Gasteiger partial charge in [-0.05, 0) is 30.6 Å². The van der Waals surface area contributed by atoms with Crippen LogP contribution in [0.15, 0.2) is 0 Å². The number of nitrogens with one attached hydrogen (secondary N) is 1. The van der Waals surface area contributed by atoms with Crippen LogP contribution >= 0.6 is 11.8 Å². The summed E-state index contributed by atoms with van der Waals surface area (Å²) in [4.78, 5) is 0. The summed E-state index contributed by atoms with van der Waals surface area (Å²) < 4.78 is 0. The Balaban J connectivity index is 2.04. The van der Waals surface area contributed by atoms with Crippen molar-refractivity contribution in [1.29, 1.82) is 0 Å². The van der Waals surface area contributed by atoms with E-state index in [1.165, 1.54) is 37.4 Å². The molecule has 2 aliphatic rings. The molecule has 0 aromatic heterocycles. The molecule has 9 heavy (non-hydrogen) atoms. The van der Waals surface area contributed by atoms with E-state index in [0.717, 1.165) is 5.41 Å². The van der Waals surface area contributed by atoms with Crippen molar-refractivity contribution in [2.24, 2.45) is 5.41 Å². The molecule has 2 rings (SSSR count). The molecule has 2 saturated heterocycles. The van der Waals surface area contributed by atoms with Gasteiger partial charge in [-0.1, -0.05) is 0 Å². The van der Waals surface area contributed by atoms with Crippen LogP contribution in [0.4, 0.5) is 0 Å². The zero-order chi connectivity index (χ0) is 6.16. The van der Waals surface area contributed by atoms with E-state index < -0.39 is 0 Å². The van der Waals surface area contributed by atoms with Gasteiger partial charge in [0, 0.05) is 12.3 Å². The minimum Gasteiger partial charge on any atom is -0.316 e. The van der Waals surface area contributed by atoms with Crippen LogP contribution in [-0.4, -0.2) is 24.6 Å². The Labute approximate surface area is 60.6 Å². The minimum atomic E-state index is 0.741. The summed E-state index contributed by atoms with van der Waals surface area (Å²) >= 11 is 2.13. The van der Waals surface area contributed by atoms with Gasteiger partial charge in [0.05, 0.1) is 0 Å². The van der Waals surface area contributed by atoms with Gasteiger partial charge in [0.15, 0.2) is 0 Å². The monoisotopic (exact) mass is 143 g/mol. The molecule has 1 spiro atoms. The molecule has 2 heterocycles. The van der Waals surface area contributed by atoms with Gasteiger partial charge in [-0.3, -0.25) is 0 Å². The lowest BCUT2D eigenvalue weighted by Gasteiger charge is -2.18. The second-order valence-electron chi connectivity index (χ2n) is 3.23. The van der Waals surface area contributed by atoms with E-state index in [9.17, 15) is 0 Å². The van der Waals surface area contributed by atoms with Crippen molar-refractivity contribution < 1.29 is 0 Å². The molecule has 1 N–H and O–H groups in total. The molecule has 0 radical (unpaired) electrons. The Morgan fingerprint density at radius 2 is 2.33 bits per heavy atom. The molecule has 0 aromatic carbocycles. The molecule has 2 heteroatoms. The first-order valence-corrected chi connectivity index (χ1v) is 4.85. The second-order valence-corrected chi connectivity index (χ2v) is 4.33. The number of hydrogen-bond acceptors (Lipinski definition) is 2. The van der Waals surface area contributed by atoms with Gasteiger partial charge < -0.3 is 5.32 Å². The zero-order valence-corrected chi connectivity index (χ0v) is 6.47. The van der Waals surface area contributed by atoms with Crippen molar-refractivity contribution >= 4 is 11.8 Å². The van der Waals surface area contributed by atoms with Crippen molar-refractivity contribution in [3.63, 3.8) is 0 Å². The molecule has 0 aromatic rings. The second kappa shape index (κ2) is 2.17. The fourth-order valence-corrected chi connectivity index (χ4v) is 3.33. The maximum Gasteiger partial charge on any atom is 0.00165 e. The van der Waals surface area contributed by atoms with Crippen molar-refractivity contribution in [3.8, 4) is 0 Å². The van der Waals surface area contributed by atoms with E-state index in [2.05, 4.69) is 17.1 Å². The number of hydrogen-bond donors (Lipinski definition) is 1. The van der Waals surface area contributed by atoms with Crippen LogP contribution in [0.5, 0.6) is 0 Å². The molecule has 1 atom stereocenters. The van der Waals surface area contributed by atoms with Crippen LogP contribution in [0.1, 0.15) is 12.8 Å². The summed E-state index contributed by atoms with van der Waals surface area (Å²) in [6.45, 7) is 2.56. The summed E-state index contributed by atoms with van der Waals surface area (Å²) in [6, 6.07) is 0. The van der Waals surface area contributed by atoms with Crippen LogP contribution < -0.4 is 5.32 Å². The van der Waals surface area contributed by atoms with E-state index in [-0.39, 0.29) is 0 Å². The van der Waals surface area contributed by atoms with E-state index in [0.29, 0.717) is 0 Å². The van der Waals surface area contributed by atoms with Gasteiger partial charge in [0.1, 0.15) is 0 Å². The van der Waals surface area contributed by atoms with Crippen molar-refractivity contribution in [3.05, 3.63) is 0 Å². The molecule has 0 saturated carbocycles. The summed E-state index contributed by atoms with van der Waals surface area (Å²) in [7, 11) is 0. The Bertz CT molecular complexity index is 84.0. The standard InChI is InChI=1S/C7H13NS/c1-3-8-5-7(1)2-4-9-6-7/h8H,1-6H2/t7-/m0/s1. The van der Waals surface area contributed by atoms with E-state index in [4.69, 9.17) is 0 Å². The minimum absolute atomic E-state index is 0.741. The Kier molecular flexibility index (Phi) is 1.46. The third-order valence-electron chi connectivity index (χ3n) is 2.52. The highest BCUT2D eigenvalue weighted by Crippen LogP contribution is 2.40. The molecular weight excluding hydrogens is 130 g/mol. The molecule has 0 aliphatic carbocycles. The fourth-order valence-electron chi connectivity index (χ4n) is 1.78. The zero-order valence-electron chi connectivity index (χ0n) is 5.65. The van der Waals surface area contributed by atoms with Gasteiger partial charge in [-0.25, -0.2) is 0 Å². The van der Waals surface area contributed by atoms with E-state index in [1.807, 2.05) is 0 Å². The van der Waals surface area contributed by atoms with Gasteiger partial charge in [0.2, 0.25) is 0 Å². The third kappa shape index (κ3) is 0.987. The normalized spacial score (nSPS) is 42.7. The lowest BCUT2D eigenvalue weighted by molar-refractivity contribution is 0.379. The van der Waals surface area contributed by atoms with Crippen LogP contribution in [0.25, 0.3) is 0 Å². The highest BCUT2D eigenvalue weighted by molar-refractivity contribution is 7.99. The maximum absolute atomic E-state index is 3.44. The maximum atomic E-state index is 3.44. The number of thioether (sulfide) groups is 1. The van der Waals surface area contributed by atoms with Crippen LogP contribution in [0, 0.1) is 5.41 Å². The molecule has 0 amide bonds. The van der Waals surface area contributed by atoms with E-state index >= 15 is 0 Å². The Morgan fingerprint density at radius 1 is 1.33 bits per heavy atom. The van der Waals surface area contributed by atoms with Gasteiger partial charge in [-0.15, -0.1) is 0 Å². The average Bonchev–Trinajstić information content (AvgIpc) is 2.45. The molecule has 1 nitrogen and oxygen atoms in total. The predicted octanol–water partition coefficient (Wildman–Crippen LogP) is 1.10. The lowest BCUT2D eigenvalue weighted by atomic mass is 9.87. The summed E-state index contributed by atoms with van der Waals surface area (Å²) in [6.07, 6.45) is 2.89. The molecule has 0 unspecified atom stereocenters. The van der Waals surface area contributed by atoms with Gasteiger partial charge in [-0.2, -0.15) is 11.8 Å². The largest absolute Gasteiger partial charge is 0.316 e. The van der Waals surface area contributed by atoms with Crippen LogP contribution in [0.3, 0.4) is 0 Å². The topological polar surface area (TPSA) is 12.0 Å². The quantitative estimate of drug-likeness (QED) is 0.545. The Morgan fingerprint density at radius 3 is 2.89 bits per heavy atom. The van der Waals surface area contributed by atoms with Crippen molar-refractivity contribution in [1.82, 2.24) is 5.32 Å². The SMILES string of the molecule is C1C[C@]2(CCSC2)CN1. The first kappa shape index (κ1) is 6.05. The van der Waals surface area contributed by atoms with Crippen molar-refractivity contribution in [2.75, 3.05) is 24.6 Å². The van der Waals surface area contributed by atoms with Crippen LogP contribution in [0.2, 0.25) is 0 Å².